The fourth-order valence-corrected chi connectivity index (χ4v) is 10.8. The van der Waals surface area contributed by atoms with Gasteiger partial charge in [0.1, 0.15) is 0 Å². The van der Waals surface area contributed by atoms with Crippen LogP contribution in [0.1, 0.15) is 0 Å². The smallest absolute Gasteiger partial charge is 0.0561 e. The summed E-state index contributed by atoms with van der Waals surface area (Å²) in [7, 11) is 0. The third kappa shape index (κ3) is 3.97. The number of para-hydroxylation sites is 3. The summed E-state index contributed by atoms with van der Waals surface area (Å²) < 4.78 is 7.53. The van der Waals surface area contributed by atoms with Gasteiger partial charge in [0.15, 0.2) is 0 Å². The van der Waals surface area contributed by atoms with Crippen LogP contribution in [0, 0.1) is 0 Å². The summed E-state index contributed by atoms with van der Waals surface area (Å²) in [6, 6.07) is 67.5. The molecular weight excluding hydrogens is 685 g/mol. The molecule has 0 unspecified atom stereocenters. The van der Waals surface area contributed by atoms with Gasteiger partial charge in [0.25, 0.3) is 0 Å². The molecule has 1 aliphatic carbocycles. The van der Waals surface area contributed by atoms with Crippen LogP contribution in [0.3, 0.4) is 0 Å². The van der Waals surface area contributed by atoms with Gasteiger partial charge in [-0.15, -0.1) is 11.3 Å². The first-order valence-corrected chi connectivity index (χ1v) is 19.7. The van der Waals surface area contributed by atoms with Gasteiger partial charge >= 0.3 is 0 Å². The lowest BCUT2D eigenvalue weighted by atomic mass is 9.96. The van der Waals surface area contributed by atoms with Gasteiger partial charge in [0.05, 0.1) is 22.1 Å². The van der Waals surface area contributed by atoms with E-state index in [1.165, 1.54) is 114 Å². The van der Waals surface area contributed by atoms with Crippen molar-refractivity contribution in [2.24, 2.45) is 0 Å². The summed E-state index contributed by atoms with van der Waals surface area (Å²) in [6.07, 6.45) is 0. The molecule has 0 spiro atoms. The lowest BCUT2D eigenvalue weighted by Gasteiger charge is -2.11. The topological polar surface area (TPSA) is 9.86 Å². The summed E-state index contributed by atoms with van der Waals surface area (Å²) in [5, 5.41) is 10.5. The Labute approximate surface area is 320 Å². The Hall–Kier alpha value is -6.94. The van der Waals surface area contributed by atoms with E-state index >= 15 is 0 Å². The fraction of sp³-hybridized carbons (Fsp3) is 0. The van der Waals surface area contributed by atoms with E-state index in [-0.39, 0.29) is 0 Å². The van der Waals surface area contributed by atoms with Crippen molar-refractivity contribution in [3.8, 4) is 44.8 Å². The number of benzene rings is 9. The molecular formula is C52H30N2S. The third-order valence-corrected chi connectivity index (χ3v) is 13.2. The van der Waals surface area contributed by atoms with Crippen LogP contribution in [0.4, 0.5) is 0 Å². The van der Waals surface area contributed by atoms with E-state index in [9.17, 15) is 0 Å². The van der Waals surface area contributed by atoms with E-state index in [4.69, 9.17) is 0 Å². The Kier molecular flexibility index (Phi) is 5.80. The second-order valence-corrected chi connectivity index (χ2v) is 15.9. The number of rotatable bonds is 3. The number of fused-ring (bicyclic) bond motifs is 13. The highest BCUT2D eigenvalue weighted by atomic mass is 32.1. The van der Waals surface area contributed by atoms with Crippen molar-refractivity contribution in [3.63, 3.8) is 0 Å². The zero-order valence-electron chi connectivity index (χ0n) is 29.6. The molecule has 3 aromatic heterocycles. The number of hydrogen-bond donors (Lipinski definition) is 0. The van der Waals surface area contributed by atoms with Crippen LogP contribution < -0.4 is 0 Å². The van der Waals surface area contributed by atoms with Crippen LogP contribution >= 0.6 is 11.3 Å². The predicted molar refractivity (Wildman–Crippen MR) is 235 cm³/mol. The first-order chi connectivity index (χ1) is 27.3. The zero-order valence-corrected chi connectivity index (χ0v) is 30.4. The van der Waals surface area contributed by atoms with E-state index in [0.717, 1.165) is 5.69 Å². The maximum absolute atomic E-state index is 2.44. The average Bonchev–Trinajstić information content (AvgIpc) is 3.98. The highest BCUT2D eigenvalue weighted by Crippen LogP contribution is 2.52. The van der Waals surface area contributed by atoms with E-state index in [0.29, 0.717) is 0 Å². The molecule has 0 atom stereocenters. The summed E-state index contributed by atoms with van der Waals surface area (Å²) in [5.41, 5.74) is 15.0. The van der Waals surface area contributed by atoms with E-state index < -0.39 is 0 Å². The Morgan fingerprint density at radius 1 is 0.291 bits per heavy atom. The van der Waals surface area contributed by atoms with Gasteiger partial charge in [-0.25, -0.2) is 0 Å². The van der Waals surface area contributed by atoms with Crippen molar-refractivity contribution in [2.45, 2.75) is 0 Å². The molecule has 13 rings (SSSR count). The maximum atomic E-state index is 2.44. The minimum atomic E-state index is 1.16. The molecule has 0 N–H and O–H groups in total. The molecule has 0 fully saturated rings. The molecule has 9 aromatic carbocycles. The SMILES string of the molecule is c1ccc(-n2c3ccccc3c3ccc(-n4c5ccccc5c5cc(-c6ccc7sc8cc9c%10c(cccc%10c8c7c6)-c6ccccc6-9)ccc54)cc32)cc1. The van der Waals surface area contributed by atoms with Crippen molar-refractivity contribution in [1.82, 2.24) is 9.13 Å². The number of hydrogen-bond acceptors (Lipinski definition) is 1. The molecule has 254 valence electrons. The fourth-order valence-electron chi connectivity index (χ4n) is 9.70. The molecule has 1 aliphatic rings. The summed E-state index contributed by atoms with van der Waals surface area (Å²) in [5.74, 6) is 0. The largest absolute Gasteiger partial charge is 0.309 e. The van der Waals surface area contributed by atoms with Crippen LogP contribution in [0.5, 0.6) is 0 Å². The van der Waals surface area contributed by atoms with Crippen LogP contribution in [-0.4, -0.2) is 9.13 Å². The van der Waals surface area contributed by atoms with Crippen LogP contribution in [-0.2, 0) is 0 Å². The zero-order chi connectivity index (χ0) is 35.8. The highest BCUT2D eigenvalue weighted by Gasteiger charge is 2.24. The standard InChI is InChI=1S/C52H30N2S/c1-2-11-33(12-3-1)53-45-19-8-6-15-37(45)39-24-23-34(29-48(39)53)54-46-20-9-7-16-38(46)42-27-31(21-25-47(42)54)32-22-26-49-44(28-32)52-41-18-10-17-40-35-13-4-5-14-36(35)43(51(40)41)30-50(52)55-49/h1-30H. The summed E-state index contributed by atoms with van der Waals surface area (Å²) in [4.78, 5) is 0. The van der Waals surface area contributed by atoms with Gasteiger partial charge in [-0.2, -0.15) is 0 Å². The first kappa shape index (κ1) is 29.5. The number of aromatic nitrogens is 2. The van der Waals surface area contributed by atoms with Crippen molar-refractivity contribution in [2.75, 3.05) is 0 Å². The van der Waals surface area contributed by atoms with Crippen molar-refractivity contribution < 1.29 is 0 Å². The summed E-state index contributed by atoms with van der Waals surface area (Å²) in [6.45, 7) is 0. The van der Waals surface area contributed by atoms with Crippen LogP contribution in [0.15, 0.2) is 182 Å². The van der Waals surface area contributed by atoms with Gasteiger partial charge in [-0.1, -0.05) is 115 Å². The van der Waals surface area contributed by atoms with Crippen LogP contribution in [0.2, 0.25) is 0 Å². The van der Waals surface area contributed by atoms with E-state index in [2.05, 4.69) is 191 Å². The van der Waals surface area contributed by atoms with Gasteiger partial charge in [0.2, 0.25) is 0 Å². The van der Waals surface area contributed by atoms with Gasteiger partial charge in [-0.05, 0) is 111 Å². The Morgan fingerprint density at radius 3 is 1.71 bits per heavy atom. The third-order valence-electron chi connectivity index (χ3n) is 12.0. The molecule has 0 saturated heterocycles. The van der Waals surface area contributed by atoms with Crippen molar-refractivity contribution in [3.05, 3.63) is 182 Å². The highest BCUT2D eigenvalue weighted by molar-refractivity contribution is 7.26. The second-order valence-electron chi connectivity index (χ2n) is 14.9. The van der Waals surface area contributed by atoms with Crippen molar-refractivity contribution >= 4 is 85.9 Å². The normalized spacial score (nSPS) is 12.4. The van der Waals surface area contributed by atoms with Gasteiger partial charge in [0, 0.05) is 53.1 Å². The van der Waals surface area contributed by atoms with E-state index in [1.807, 2.05) is 11.3 Å². The maximum Gasteiger partial charge on any atom is 0.0561 e. The quantitative estimate of drug-likeness (QED) is 0.172. The number of nitrogens with zero attached hydrogens (tertiary/aromatic N) is 2. The number of thiophene rings is 1. The van der Waals surface area contributed by atoms with Crippen LogP contribution in [0.25, 0.3) is 119 Å². The Balaban J connectivity index is 1.01. The Bertz CT molecular complexity index is 3600. The molecule has 0 bridgehead atoms. The molecule has 2 nitrogen and oxygen atoms in total. The summed E-state index contributed by atoms with van der Waals surface area (Å²) >= 11 is 1.91. The molecule has 12 aromatic rings. The average molecular weight is 715 g/mol. The lowest BCUT2D eigenvalue weighted by molar-refractivity contribution is 1.15. The first-order valence-electron chi connectivity index (χ1n) is 18.9. The van der Waals surface area contributed by atoms with Crippen molar-refractivity contribution in [1.29, 1.82) is 0 Å². The van der Waals surface area contributed by atoms with Gasteiger partial charge < -0.3 is 9.13 Å². The molecule has 55 heavy (non-hydrogen) atoms. The van der Waals surface area contributed by atoms with E-state index in [1.54, 1.807) is 0 Å². The molecule has 3 heterocycles. The molecule has 0 radical (unpaired) electrons. The second kappa shape index (κ2) is 10.8. The lowest BCUT2D eigenvalue weighted by Crippen LogP contribution is -1.96. The molecule has 3 heteroatoms. The monoisotopic (exact) mass is 714 g/mol. The molecule has 0 amide bonds. The predicted octanol–water partition coefficient (Wildman–Crippen LogP) is 14.7. The Morgan fingerprint density at radius 2 is 0.891 bits per heavy atom. The minimum absolute atomic E-state index is 1.16. The molecule has 0 aliphatic heterocycles. The van der Waals surface area contributed by atoms with Gasteiger partial charge in [-0.3, -0.25) is 0 Å². The minimum Gasteiger partial charge on any atom is -0.309 e. The molecule has 0 saturated carbocycles.